The van der Waals surface area contributed by atoms with Crippen LogP contribution in [-0.2, 0) is 11.8 Å². The van der Waals surface area contributed by atoms with Gasteiger partial charge in [-0.25, -0.2) is 0 Å². The number of amides is 2. The number of fused-ring (bicyclic) bond motifs is 1. The van der Waals surface area contributed by atoms with E-state index in [4.69, 9.17) is 11.5 Å². The predicted molar refractivity (Wildman–Crippen MR) is 106 cm³/mol. The Hall–Kier alpha value is -3.69. The van der Waals surface area contributed by atoms with Crippen LogP contribution in [0.4, 0.5) is 17.5 Å². The molecular formula is C18H22N8O2. The van der Waals surface area contributed by atoms with Crippen molar-refractivity contribution in [3.63, 3.8) is 0 Å². The average molecular weight is 382 g/mol. The van der Waals surface area contributed by atoms with Crippen molar-refractivity contribution in [3.8, 4) is 0 Å². The summed E-state index contributed by atoms with van der Waals surface area (Å²) < 4.78 is 1.97. The summed E-state index contributed by atoms with van der Waals surface area (Å²) in [4.78, 5) is 27.7. The zero-order valence-corrected chi connectivity index (χ0v) is 15.8. The SMILES string of the molecule is CC(C)[C@@H](Nc1nnc(C(N)=O)c(Nc2cccc3c2ccn3C)n1)C(N)=O. The first kappa shape index (κ1) is 19.1. The van der Waals surface area contributed by atoms with Crippen molar-refractivity contribution >= 4 is 40.2 Å². The average Bonchev–Trinajstić information content (AvgIpc) is 3.01. The van der Waals surface area contributed by atoms with Gasteiger partial charge in [-0.15, -0.1) is 10.2 Å². The monoisotopic (exact) mass is 382 g/mol. The highest BCUT2D eigenvalue weighted by molar-refractivity contribution is 5.99. The maximum absolute atomic E-state index is 11.8. The smallest absolute Gasteiger partial charge is 0.273 e. The van der Waals surface area contributed by atoms with Crippen LogP contribution in [0.2, 0.25) is 0 Å². The highest BCUT2D eigenvalue weighted by atomic mass is 16.1. The molecule has 2 heterocycles. The molecule has 28 heavy (non-hydrogen) atoms. The van der Waals surface area contributed by atoms with Crippen LogP contribution in [0.5, 0.6) is 0 Å². The molecule has 10 nitrogen and oxygen atoms in total. The number of nitrogens with two attached hydrogens (primary N) is 2. The molecule has 0 spiro atoms. The van der Waals surface area contributed by atoms with Gasteiger partial charge in [0.25, 0.3) is 5.91 Å². The van der Waals surface area contributed by atoms with Gasteiger partial charge < -0.3 is 26.7 Å². The van der Waals surface area contributed by atoms with Gasteiger partial charge in [-0.05, 0) is 24.1 Å². The molecular weight excluding hydrogens is 360 g/mol. The number of anilines is 3. The molecule has 0 saturated carbocycles. The van der Waals surface area contributed by atoms with Crippen molar-refractivity contribution in [2.75, 3.05) is 10.6 Å². The molecule has 0 aliphatic heterocycles. The lowest BCUT2D eigenvalue weighted by Gasteiger charge is -2.19. The zero-order valence-electron chi connectivity index (χ0n) is 15.8. The second kappa shape index (κ2) is 7.51. The van der Waals surface area contributed by atoms with E-state index in [-0.39, 0.29) is 23.4 Å². The molecule has 0 unspecified atom stereocenters. The number of primary amides is 2. The molecule has 0 aliphatic rings. The molecule has 146 valence electrons. The minimum Gasteiger partial charge on any atom is -0.368 e. The fourth-order valence-corrected chi connectivity index (χ4v) is 2.88. The van der Waals surface area contributed by atoms with Gasteiger partial charge in [0, 0.05) is 29.8 Å². The number of hydrogen-bond acceptors (Lipinski definition) is 7. The molecule has 0 radical (unpaired) electrons. The first-order valence-electron chi connectivity index (χ1n) is 8.69. The summed E-state index contributed by atoms with van der Waals surface area (Å²) in [6.45, 7) is 3.67. The molecule has 0 fully saturated rings. The molecule has 3 aromatic rings. The highest BCUT2D eigenvalue weighted by Gasteiger charge is 2.22. The summed E-state index contributed by atoms with van der Waals surface area (Å²) in [6.07, 6.45) is 1.93. The van der Waals surface area contributed by atoms with Crippen LogP contribution in [0.1, 0.15) is 24.3 Å². The van der Waals surface area contributed by atoms with E-state index in [1.54, 1.807) is 0 Å². The summed E-state index contributed by atoms with van der Waals surface area (Å²) >= 11 is 0. The summed E-state index contributed by atoms with van der Waals surface area (Å²) in [5.41, 5.74) is 12.4. The molecule has 0 saturated heterocycles. The maximum Gasteiger partial charge on any atom is 0.273 e. The normalized spacial score (nSPS) is 12.1. The lowest BCUT2D eigenvalue weighted by atomic mass is 10.0. The van der Waals surface area contributed by atoms with E-state index in [1.807, 2.05) is 55.9 Å². The van der Waals surface area contributed by atoms with E-state index in [1.165, 1.54) is 0 Å². The van der Waals surface area contributed by atoms with Crippen molar-refractivity contribution in [1.82, 2.24) is 19.7 Å². The Morgan fingerprint density at radius 3 is 2.54 bits per heavy atom. The van der Waals surface area contributed by atoms with Crippen LogP contribution in [0.3, 0.4) is 0 Å². The zero-order chi connectivity index (χ0) is 20.4. The number of aromatic nitrogens is 4. The Kier molecular flexibility index (Phi) is 5.12. The van der Waals surface area contributed by atoms with Gasteiger partial charge in [0.15, 0.2) is 11.5 Å². The Bertz CT molecular complexity index is 1040. The van der Waals surface area contributed by atoms with Crippen LogP contribution in [-0.4, -0.2) is 37.6 Å². The fraction of sp³-hybridized carbons (Fsp3) is 0.278. The van der Waals surface area contributed by atoms with Crippen molar-refractivity contribution < 1.29 is 9.59 Å². The van der Waals surface area contributed by atoms with Gasteiger partial charge in [-0.1, -0.05) is 19.9 Å². The summed E-state index contributed by atoms with van der Waals surface area (Å²) in [5.74, 6) is -1.21. The Labute approximate surface area is 161 Å². The number of nitrogens with zero attached hydrogens (tertiary/aromatic N) is 4. The molecule has 0 bridgehead atoms. The van der Waals surface area contributed by atoms with E-state index in [0.29, 0.717) is 0 Å². The maximum atomic E-state index is 11.8. The number of benzene rings is 1. The van der Waals surface area contributed by atoms with Gasteiger partial charge in [-0.2, -0.15) is 4.98 Å². The van der Waals surface area contributed by atoms with Crippen molar-refractivity contribution in [3.05, 3.63) is 36.2 Å². The first-order valence-corrected chi connectivity index (χ1v) is 8.69. The topological polar surface area (TPSA) is 154 Å². The molecule has 10 heteroatoms. The third kappa shape index (κ3) is 3.70. The first-order chi connectivity index (χ1) is 13.3. The molecule has 2 amide bonds. The lowest BCUT2D eigenvalue weighted by molar-refractivity contribution is -0.119. The molecule has 3 rings (SSSR count). The number of aryl methyl sites for hydroxylation is 1. The van der Waals surface area contributed by atoms with Gasteiger partial charge in [0.1, 0.15) is 6.04 Å². The van der Waals surface area contributed by atoms with Crippen LogP contribution in [0.25, 0.3) is 10.9 Å². The van der Waals surface area contributed by atoms with Gasteiger partial charge in [0.2, 0.25) is 11.9 Å². The number of rotatable bonds is 7. The van der Waals surface area contributed by atoms with E-state index in [0.717, 1.165) is 16.6 Å². The Morgan fingerprint density at radius 1 is 1.14 bits per heavy atom. The van der Waals surface area contributed by atoms with Crippen molar-refractivity contribution in [2.45, 2.75) is 19.9 Å². The number of hydrogen-bond donors (Lipinski definition) is 4. The number of carbonyl (C=O) groups excluding carboxylic acids is 2. The second-order valence-electron chi connectivity index (χ2n) is 6.76. The quantitative estimate of drug-likeness (QED) is 0.477. The summed E-state index contributed by atoms with van der Waals surface area (Å²) in [5, 5.41) is 14.6. The van der Waals surface area contributed by atoms with E-state index in [2.05, 4.69) is 25.8 Å². The van der Waals surface area contributed by atoms with Crippen molar-refractivity contribution in [1.29, 1.82) is 0 Å². The van der Waals surface area contributed by atoms with Gasteiger partial charge >= 0.3 is 0 Å². The Balaban J connectivity index is 2.00. The van der Waals surface area contributed by atoms with E-state index in [9.17, 15) is 9.59 Å². The molecule has 2 aromatic heterocycles. The third-order valence-corrected chi connectivity index (χ3v) is 4.36. The van der Waals surface area contributed by atoms with Crippen LogP contribution in [0.15, 0.2) is 30.5 Å². The van der Waals surface area contributed by atoms with Crippen LogP contribution in [0, 0.1) is 5.92 Å². The minimum atomic E-state index is -0.774. The third-order valence-electron chi connectivity index (χ3n) is 4.36. The minimum absolute atomic E-state index is 0.0604. The number of carbonyl (C=O) groups is 2. The Morgan fingerprint density at radius 2 is 1.89 bits per heavy atom. The summed E-state index contributed by atoms with van der Waals surface area (Å²) in [7, 11) is 1.94. The predicted octanol–water partition coefficient (Wildman–Crippen LogP) is 1.13. The fourth-order valence-electron chi connectivity index (χ4n) is 2.88. The lowest BCUT2D eigenvalue weighted by Crippen LogP contribution is -2.40. The van der Waals surface area contributed by atoms with Gasteiger partial charge in [0.05, 0.1) is 0 Å². The molecule has 1 atom stereocenters. The van der Waals surface area contributed by atoms with Gasteiger partial charge in [-0.3, -0.25) is 9.59 Å². The van der Waals surface area contributed by atoms with Crippen molar-refractivity contribution in [2.24, 2.45) is 24.4 Å². The molecule has 0 aliphatic carbocycles. The van der Waals surface area contributed by atoms with E-state index < -0.39 is 17.9 Å². The molecule has 6 N–H and O–H groups in total. The van der Waals surface area contributed by atoms with E-state index >= 15 is 0 Å². The van der Waals surface area contributed by atoms with Crippen LogP contribution < -0.4 is 22.1 Å². The largest absolute Gasteiger partial charge is 0.368 e. The van der Waals surface area contributed by atoms with Crippen LogP contribution >= 0.6 is 0 Å². The highest BCUT2D eigenvalue weighted by Crippen LogP contribution is 2.27. The standard InChI is InChI=1S/C18H22N8O2/c1-9(2)13(15(19)27)22-18-23-17(14(16(20)28)24-25-18)21-11-5-4-6-12-10(11)7-8-26(12)3/h4-9,13H,1-3H3,(H2,19,27)(H2,20,28)(H2,21,22,23,25)/t13-/m1/s1. The second-order valence-corrected chi connectivity index (χ2v) is 6.76. The molecule has 1 aromatic carbocycles. The summed E-state index contributed by atoms with van der Waals surface area (Å²) in [6, 6.07) is 6.96. The number of nitrogens with one attached hydrogen (secondary N) is 2.